The molecule has 0 aromatic heterocycles. The minimum Gasteiger partial charge on any atom is -0.381 e. The van der Waals surface area contributed by atoms with E-state index in [9.17, 15) is 4.39 Å². The lowest BCUT2D eigenvalue weighted by molar-refractivity contribution is 0.612. The van der Waals surface area contributed by atoms with Crippen LogP contribution in [0.15, 0.2) is 36.4 Å². The van der Waals surface area contributed by atoms with Crippen molar-refractivity contribution in [2.45, 2.75) is 27.3 Å². The van der Waals surface area contributed by atoms with Crippen molar-refractivity contribution in [3.05, 3.63) is 64.5 Å². The first-order chi connectivity index (χ1) is 8.56. The molecule has 0 aliphatic heterocycles. The van der Waals surface area contributed by atoms with Gasteiger partial charge in [0.25, 0.3) is 0 Å². The highest BCUT2D eigenvalue weighted by molar-refractivity contribution is 5.52. The number of rotatable bonds is 3. The van der Waals surface area contributed by atoms with Crippen LogP contribution < -0.4 is 5.32 Å². The zero-order valence-electron chi connectivity index (χ0n) is 11.0. The smallest absolute Gasteiger partial charge is 0.128 e. The highest BCUT2D eigenvalue weighted by Gasteiger charge is 2.03. The first-order valence-corrected chi connectivity index (χ1v) is 6.12. The number of halogens is 1. The maximum atomic E-state index is 13.6. The molecular weight excluding hydrogens is 225 g/mol. The van der Waals surface area contributed by atoms with Gasteiger partial charge in [-0.3, -0.25) is 0 Å². The maximum absolute atomic E-state index is 13.6. The van der Waals surface area contributed by atoms with Crippen LogP contribution in [-0.2, 0) is 6.54 Å². The Balaban J connectivity index is 2.13. The van der Waals surface area contributed by atoms with Gasteiger partial charge in [0, 0.05) is 17.8 Å². The molecule has 0 heterocycles. The molecule has 1 nitrogen and oxygen atoms in total. The fourth-order valence-corrected chi connectivity index (χ4v) is 2.04. The van der Waals surface area contributed by atoms with Crippen LogP contribution in [0.2, 0.25) is 0 Å². The second kappa shape index (κ2) is 5.21. The topological polar surface area (TPSA) is 12.0 Å². The second-order valence-corrected chi connectivity index (χ2v) is 4.77. The largest absolute Gasteiger partial charge is 0.381 e. The molecule has 0 aliphatic rings. The Morgan fingerprint density at radius 1 is 0.944 bits per heavy atom. The molecule has 2 heteroatoms. The molecule has 0 saturated carbocycles. The fraction of sp³-hybridized carbons (Fsp3) is 0.250. The quantitative estimate of drug-likeness (QED) is 0.844. The Kier molecular flexibility index (Phi) is 3.66. The van der Waals surface area contributed by atoms with E-state index in [0.717, 1.165) is 11.3 Å². The van der Waals surface area contributed by atoms with Gasteiger partial charge in [-0.05, 0) is 38.5 Å². The highest BCUT2D eigenvalue weighted by Crippen LogP contribution is 2.18. The zero-order chi connectivity index (χ0) is 13.1. The summed E-state index contributed by atoms with van der Waals surface area (Å²) in [4.78, 5) is 0. The Morgan fingerprint density at radius 2 is 1.61 bits per heavy atom. The van der Waals surface area contributed by atoms with Gasteiger partial charge >= 0.3 is 0 Å². The van der Waals surface area contributed by atoms with E-state index in [0.29, 0.717) is 12.1 Å². The van der Waals surface area contributed by atoms with Gasteiger partial charge in [-0.15, -0.1) is 0 Å². The van der Waals surface area contributed by atoms with Gasteiger partial charge in [-0.2, -0.15) is 0 Å². The lowest BCUT2D eigenvalue weighted by atomic mass is 10.1. The van der Waals surface area contributed by atoms with Crippen molar-refractivity contribution in [2.24, 2.45) is 0 Å². The van der Waals surface area contributed by atoms with Crippen LogP contribution in [0.5, 0.6) is 0 Å². The summed E-state index contributed by atoms with van der Waals surface area (Å²) >= 11 is 0. The fourth-order valence-electron chi connectivity index (χ4n) is 2.04. The van der Waals surface area contributed by atoms with Crippen molar-refractivity contribution in [2.75, 3.05) is 5.32 Å². The Bertz CT molecular complexity index is 561. The SMILES string of the molecule is Cc1ccc(NCc2cc(C)ccc2F)c(C)c1. The summed E-state index contributed by atoms with van der Waals surface area (Å²) in [5, 5.41) is 3.28. The molecule has 18 heavy (non-hydrogen) atoms. The van der Waals surface area contributed by atoms with Gasteiger partial charge in [-0.1, -0.05) is 35.4 Å². The summed E-state index contributed by atoms with van der Waals surface area (Å²) in [5.74, 6) is -0.155. The van der Waals surface area contributed by atoms with Crippen molar-refractivity contribution in [1.82, 2.24) is 0 Å². The number of nitrogens with one attached hydrogen (secondary N) is 1. The van der Waals surface area contributed by atoms with E-state index in [2.05, 4.69) is 31.3 Å². The zero-order valence-corrected chi connectivity index (χ0v) is 11.0. The minimum atomic E-state index is -0.155. The third-order valence-electron chi connectivity index (χ3n) is 3.05. The van der Waals surface area contributed by atoms with E-state index >= 15 is 0 Å². The summed E-state index contributed by atoms with van der Waals surface area (Å²) in [6.45, 7) is 6.61. The molecule has 2 aromatic carbocycles. The first kappa shape index (κ1) is 12.6. The van der Waals surface area contributed by atoms with Crippen LogP contribution in [0.3, 0.4) is 0 Å². The molecule has 1 N–H and O–H groups in total. The lowest BCUT2D eigenvalue weighted by Crippen LogP contribution is -2.03. The standard InChI is InChI=1S/C16H18FN/c1-11-5-7-16(13(3)8-11)18-10-14-9-12(2)4-6-15(14)17/h4-9,18H,10H2,1-3H3. The van der Waals surface area contributed by atoms with Gasteiger partial charge in [0.15, 0.2) is 0 Å². The minimum absolute atomic E-state index is 0.155. The molecule has 0 saturated heterocycles. The van der Waals surface area contributed by atoms with Crippen molar-refractivity contribution in [1.29, 1.82) is 0 Å². The van der Waals surface area contributed by atoms with Crippen LogP contribution in [0.25, 0.3) is 0 Å². The van der Waals surface area contributed by atoms with Gasteiger partial charge in [0.1, 0.15) is 5.82 Å². The molecule has 2 rings (SSSR count). The van der Waals surface area contributed by atoms with E-state index in [1.54, 1.807) is 6.07 Å². The predicted molar refractivity (Wildman–Crippen MR) is 74.4 cm³/mol. The monoisotopic (exact) mass is 243 g/mol. The summed E-state index contributed by atoms with van der Waals surface area (Å²) in [7, 11) is 0. The van der Waals surface area contributed by atoms with E-state index in [1.807, 2.05) is 19.1 Å². The molecule has 0 amide bonds. The molecule has 0 atom stereocenters. The van der Waals surface area contributed by atoms with E-state index in [-0.39, 0.29) is 5.82 Å². The predicted octanol–water partition coefficient (Wildman–Crippen LogP) is 4.36. The number of hydrogen-bond donors (Lipinski definition) is 1. The molecule has 2 aromatic rings. The van der Waals surface area contributed by atoms with Crippen LogP contribution >= 0.6 is 0 Å². The molecule has 0 fully saturated rings. The molecule has 0 bridgehead atoms. The average Bonchev–Trinajstić information content (AvgIpc) is 2.32. The number of benzene rings is 2. The molecule has 0 radical (unpaired) electrons. The molecule has 0 unspecified atom stereocenters. The second-order valence-electron chi connectivity index (χ2n) is 4.77. The van der Waals surface area contributed by atoms with Crippen molar-refractivity contribution in [3.63, 3.8) is 0 Å². The van der Waals surface area contributed by atoms with Crippen molar-refractivity contribution in [3.8, 4) is 0 Å². The molecule has 0 aliphatic carbocycles. The molecule has 94 valence electrons. The highest BCUT2D eigenvalue weighted by atomic mass is 19.1. The van der Waals surface area contributed by atoms with Crippen LogP contribution in [0, 0.1) is 26.6 Å². The third kappa shape index (κ3) is 2.89. The van der Waals surface area contributed by atoms with E-state index in [4.69, 9.17) is 0 Å². The summed E-state index contributed by atoms with van der Waals surface area (Å²) in [6.07, 6.45) is 0. The molecule has 0 spiro atoms. The Morgan fingerprint density at radius 3 is 2.33 bits per heavy atom. The van der Waals surface area contributed by atoms with Gasteiger partial charge in [-0.25, -0.2) is 4.39 Å². The Hall–Kier alpha value is -1.83. The van der Waals surface area contributed by atoms with Crippen molar-refractivity contribution < 1.29 is 4.39 Å². The lowest BCUT2D eigenvalue weighted by Gasteiger charge is -2.11. The molecular formula is C16H18FN. The summed E-state index contributed by atoms with van der Waals surface area (Å²) < 4.78 is 13.6. The number of anilines is 1. The summed E-state index contributed by atoms with van der Waals surface area (Å²) in [6, 6.07) is 11.4. The van der Waals surface area contributed by atoms with Crippen LogP contribution in [-0.4, -0.2) is 0 Å². The average molecular weight is 243 g/mol. The van der Waals surface area contributed by atoms with Gasteiger partial charge in [0.2, 0.25) is 0 Å². The first-order valence-electron chi connectivity index (χ1n) is 6.12. The van der Waals surface area contributed by atoms with Crippen LogP contribution in [0.4, 0.5) is 10.1 Å². The third-order valence-corrected chi connectivity index (χ3v) is 3.05. The van der Waals surface area contributed by atoms with Crippen LogP contribution in [0.1, 0.15) is 22.3 Å². The van der Waals surface area contributed by atoms with Crippen molar-refractivity contribution >= 4 is 5.69 Å². The Labute approximate surface area is 108 Å². The van der Waals surface area contributed by atoms with E-state index in [1.165, 1.54) is 17.2 Å². The maximum Gasteiger partial charge on any atom is 0.128 e. The number of aryl methyl sites for hydroxylation is 3. The number of hydrogen-bond acceptors (Lipinski definition) is 1. The van der Waals surface area contributed by atoms with Gasteiger partial charge < -0.3 is 5.32 Å². The van der Waals surface area contributed by atoms with E-state index < -0.39 is 0 Å². The normalized spacial score (nSPS) is 10.4. The summed E-state index contributed by atoms with van der Waals surface area (Å²) in [5.41, 5.74) is 5.26. The van der Waals surface area contributed by atoms with Gasteiger partial charge in [0.05, 0.1) is 0 Å².